The Morgan fingerprint density at radius 2 is 2.02 bits per heavy atom. The Balaban J connectivity index is 1.53. The first-order valence-electron chi connectivity index (χ1n) is 13.3. The maximum Gasteiger partial charge on any atom is 0.323 e. The third-order valence-corrected chi connectivity index (χ3v) is 7.38. The first kappa shape index (κ1) is 28.9. The summed E-state index contributed by atoms with van der Waals surface area (Å²) in [6, 6.07) is 9.06. The number of rotatable bonds is 8. The van der Waals surface area contributed by atoms with Gasteiger partial charge in [-0.2, -0.15) is 0 Å². The highest BCUT2D eigenvalue weighted by atomic mass is 19.1. The lowest BCUT2D eigenvalue weighted by molar-refractivity contribution is -0.148. The summed E-state index contributed by atoms with van der Waals surface area (Å²) in [5.41, 5.74) is 10.1. The van der Waals surface area contributed by atoms with Crippen molar-refractivity contribution in [3.05, 3.63) is 70.6 Å². The number of anilines is 1. The van der Waals surface area contributed by atoms with E-state index in [1.165, 1.54) is 20.3 Å². The molecule has 10 heteroatoms. The van der Waals surface area contributed by atoms with Crippen LogP contribution in [0.2, 0.25) is 0 Å². The van der Waals surface area contributed by atoms with Gasteiger partial charge in [0.2, 0.25) is 0 Å². The van der Waals surface area contributed by atoms with Crippen molar-refractivity contribution in [3.63, 3.8) is 0 Å². The van der Waals surface area contributed by atoms with Crippen molar-refractivity contribution in [1.82, 2.24) is 10.2 Å². The van der Waals surface area contributed by atoms with E-state index in [4.69, 9.17) is 15.2 Å². The second-order valence-electron chi connectivity index (χ2n) is 10.1. The lowest BCUT2D eigenvalue weighted by Crippen LogP contribution is -2.54. The molecule has 0 saturated carbocycles. The highest BCUT2D eigenvalue weighted by Crippen LogP contribution is 2.28. The lowest BCUT2D eigenvalue weighted by atomic mass is 9.93. The molecule has 0 aliphatic carbocycles. The summed E-state index contributed by atoms with van der Waals surface area (Å²) < 4.78 is 25.1. The second kappa shape index (κ2) is 12.9. The summed E-state index contributed by atoms with van der Waals surface area (Å²) in [4.78, 5) is 36.6. The van der Waals surface area contributed by atoms with Crippen LogP contribution < -0.4 is 15.8 Å². The van der Waals surface area contributed by atoms with Crippen molar-refractivity contribution < 1.29 is 23.5 Å². The Labute approximate surface area is 234 Å². The Morgan fingerprint density at radius 3 is 2.73 bits per heavy atom. The van der Waals surface area contributed by atoms with Crippen molar-refractivity contribution in [3.8, 4) is 5.75 Å². The van der Waals surface area contributed by atoms with Gasteiger partial charge >= 0.3 is 5.97 Å². The van der Waals surface area contributed by atoms with Crippen LogP contribution >= 0.6 is 0 Å². The fraction of sp³-hybridized carbons (Fsp3) is 0.400. The molecule has 1 saturated heterocycles. The van der Waals surface area contributed by atoms with Gasteiger partial charge in [-0.25, -0.2) is 4.39 Å². The second-order valence-corrected chi connectivity index (χ2v) is 10.1. The van der Waals surface area contributed by atoms with Gasteiger partial charge in [0.15, 0.2) is 0 Å². The minimum absolute atomic E-state index is 0.126. The maximum absolute atomic E-state index is 14.7. The van der Waals surface area contributed by atoms with Crippen LogP contribution in [-0.2, 0) is 16.1 Å². The monoisotopic (exact) mass is 549 g/mol. The van der Waals surface area contributed by atoms with Crippen molar-refractivity contribution in [2.45, 2.75) is 50.9 Å². The topological polar surface area (TPSA) is 119 Å². The molecule has 0 spiro atoms. The van der Waals surface area contributed by atoms with Crippen LogP contribution in [0.1, 0.15) is 47.7 Å². The molecule has 4 rings (SSSR count). The first-order valence-corrected chi connectivity index (χ1v) is 13.3. The Hall–Kier alpha value is -4.05. The molecule has 3 unspecified atom stereocenters. The van der Waals surface area contributed by atoms with E-state index in [0.717, 1.165) is 17.7 Å². The van der Waals surface area contributed by atoms with Crippen molar-refractivity contribution in [1.29, 1.82) is 0 Å². The number of hydrogen-bond donors (Lipinski definition) is 2. The van der Waals surface area contributed by atoms with Gasteiger partial charge < -0.3 is 20.5 Å². The van der Waals surface area contributed by atoms with E-state index in [2.05, 4.69) is 15.3 Å². The van der Waals surface area contributed by atoms with E-state index in [9.17, 15) is 14.0 Å². The van der Waals surface area contributed by atoms with Gasteiger partial charge in [0.25, 0.3) is 5.91 Å². The van der Waals surface area contributed by atoms with Gasteiger partial charge in [-0.1, -0.05) is 6.07 Å². The number of nitrogens with one attached hydrogen (secondary N) is 1. The summed E-state index contributed by atoms with van der Waals surface area (Å²) >= 11 is 0. The van der Waals surface area contributed by atoms with E-state index in [-0.39, 0.29) is 24.5 Å². The standard InChI is InChI=1S/C30H36FN5O4/c1-18-14-19(12-13-34-18)28(33-2)22-15-20(8-10-25(22)32)29(37)35-21-9-11-26(30(38)40-4)36(16-21)17-23-24(31)6-5-7-27(23)39-3/h5-8,10,12-13,15,18,21,26H,9,11,14,16-17,32H2,1-4H3,(H,35,37). The van der Waals surface area contributed by atoms with Gasteiger partial charge in [0.1, 0.15) is 17.6 Å². The van der Waals surface area contributed by atoms with Crippen LogP contribution in [0.5, 0.6) is 5.75 Å². The van der Waals surface area contributed by atoms with Crippen LogP contribution in [0.15, 0.2) is 58.0 Å². The Bertz CT molecular complexity index is 1360. The lowest BCUT2D eigenvalue weighted by Gasteiger charge is -2.38. The normalized spacial score (nSPS) is 21.5. The average Bonchev–Trinajstić information content (AvgIpc) is 2.95. The van der Waals surface area contributed by atoms with Crippen LogP contribution in [0.3, 0.4) is 0 Å². The number of nitrogens with zero attached hydrogens (tertiary/aromatic N) is 3. The molecule has 3 atom stereocenters. The van der Waals surface area contributed by atoms with Gasteiger partial charge in [-0.15, -0.1) is 0 Å². The number of aliphatic imine (C=N–C) groups is 2. The molecule has 9 nitrogen and oxygen atoms in total. The van der Waals surface area contributed by atoms with E-state index >= 15 is 0 Å². The number of dihydropyridines is 1. The number of esters is 1. The highest BCUT2D eigenvalue weighted by molar-refractivity contribution is 6.17. The summed E-state index contributed by atoms with van der Waals surface area (Å²) in [5.74, 6) is -0.697. The van der Waals surface area contributed by atoms with Crippen molar-refractivity contribution in [2.75, 3.05) is 33.5 Å². The van der Waals surface area contributed by atoms with E-state index in [1.54, 1.807) is 43.6 Å². The Kier molecular flexibility index (Phi) is 9.31. The van der Waals surface area contributed by atoms with Gasteiger partial charge in [0, 0.05) is 54.8 Å². The summed E-state index contributed by atoms with van der Waals surface area (Å²) in [6.07, 6.45) is 5.43. The fourth-order valence-electron chi connectivity index (χ4n) is 5.33. The number of benzene rings is 2. The van der Waals surface area contributed by atoms with E-state index < -0.39 is 17.8 Å². The molecular weight excluding hydrogens is 513 g/mol. The van der Waals surface area contributed by atoms with Crippen LogP contribution in [0.4, 0.5) is 10.1 Å². The number of nitrogens with two attached hydrogens (primary N) is 1. The number of likely N-dealkylation sites (tertiary alicyclic amines) is 1. The molecule has 212 valence electrons. The summed E-state index contributed by atoms with van der Waals surface area (Å²) in [7, 11) is 4.52. The van der Waals surface area contributed by atoms with Crippen molar-refractivity contribution in [2.24, 2.45) is 9.98 Å². The third-order valence-electron chi connectivity index (χ3n) is 7.38. The molecule has 2 aromatic rings. The molecule has 3 N–H and O–H groups in total. The number of ether oxygens (including phenoxy) is 2. The van der Waals surface area contributed by atoms with Gasteiger partial charge in [0.05, 0.1) is 26.0 Å². The molecule has 0 radical (unpaired) electrons. The molecule has 0 aromatic heterocycles. The number of halogens is 1. The molecule has 40 heavy (non-hydrogen) atoms. The number of allylic oxidation sites excluding steroid dienone is 1. The number of nitrogen functional groups attached to an aromatic ring is 1. The molecule has 2 heterocycles. The van der Waals surface area contributed by atoms with Crippen LogP contribution in [0, 0.1) is 5.82 Å². The number of carbonyl (C=O) groups is 2. The Morgan fingerprint density at radius 1 is 1.23 bits per heavy atom. The minimum Gasteiger partial charge on any atom is -0.496 e. The number of methoxy groups -OCH3 is 2. The van der Waals surface area contributed by atoms with Gasteiger partial charge in [-0.05, 0) is 68.2 Å². The number of hydrogen-bond acceptors (Lipinski definition) is 8. The highest BCUT2D eigenvalue weighted by Gasteiger charge is 2.35. The fourth-order valence-corrected chi connectivity index (χ4v) is 5.33. The summed E-state index contributed by atoms with van der Waals surface area (Å²) in [5, 5.41) is 3.09. The zero-order chi connectivity index (χ0) is 28.8. The quantitative estimate of drug-likeness (QED) is 0.295. The predicted octanol–water partition coefficient (Wildman–Crippen LogP) is 3.56. The molecule has 2 aromatic carbocycles. The van der Waals surface area contributed by atoms with Crippen LogP contribution in [0.25, 0.3) is 0 Å². The average molecular weight is 550 g/mol. The first-order chi connectivity index (χ1) is 19.2. The number of piperidine rings is 1. The molecule has 2 aliphatic heterocycles. The smallest absolute Gasteiger partial charge is 0.323 e. The SMILES string of the molecule is CN=C(C1=CC=NC(C)C1)c1cc(C(=O)NC2CCC(C(=O)OC)N(Cc3c(F)cccc3OC)C2)ccc1N. The van der Waals surface area contributed by atoms with E-state index in [1.807, 2.05) is 17.9 Å². The van der Waals surface area contributed by atoms with Gasteiger partial charge in [-0.3, -0.25) is 24.5 Å². The maximum atomic E-state index is 14.7. The summed E-state index contributed by atoms with van der Waals surface area (Å²) in [6.45, 7) is 2.49. The zero-order valence-electron chi connectivity index (χ0n) is 23.3. The third kappa shape index (κ3) is 6.39. The molecular formula is C30H36FN5O4. The zero-order valence-corrected chi connectivity index (χ0v) is 23.3. The number of carbonyl (C=O) groups excluding carboxylic acids is 2. The number of amides is 1. The largest absolute Gasteiger partial charge is 0.496 e. The predicted molar refractivity (Wildman–Crippen MR) is 154 cm³/mol. The molecule has 2 aliphatic rings. The molecule has 0 bridgehead atoms. The molecule has 1 amide bonds. The van der Waals surface area contributed by atoms with Crippen molar-refractivity contribution >= 4 is 29.5 Å². The molecule has 1 fully saturated rings. The van der Waals surface area contributed by atoms with Crippen LogP contribution in [-0.4, -0.2) is 74.6 Å². The minimum atomic E-state index is -0.566. The van der Waals surface area contributed by atoms with E-state index in [0.29, 0.717) is 47.5 Å².